The first-order chi connectivity index (χ1) is 21.7. The van der Waals surface area contributed by atoms with E-state index >= 15 is 0 Å². The van der Waals surface area contributed by atoms with Crippen molar-refractivity contribution in [1.82, 2.24) is 14.2 Å². The standard InChI is InChI=1S/C29H33F2N3O10S2/c30-29(31,19-35)45(39,40)24-6-3-5-23(13-24)43-18-22(36)16-34(27(37)38)21-14-28(44-17-21)8-10-33(11-9-28)46(41,42)25-12-20-4-1-2-7-26(20)32-15-25/h1-7,12-13,15,21-22,35-36H,8-11,14,16-19H2,(H,37,38). The lowest BCUT2D eigenvalue weighted by Gasteiger charge is -2.38. The number of ether oxygens (including phenoxy) is 2. The quantitative estimate of drug-likeness (QED) is 0.269. The molecule has 0 aliphatic carbocycles. The number of piperidine rings is 1. The Bertz CT molecular complexity index is 1800. The third kappa shape index (κ3) is 6.79. The summed E-state index contributed by atoms with van der Waals surface area (Å²) in [6.45, 7) is -2.44. The van der Waals surface area contributed by atoms with Gasteiger partial charge in [-0.1, -0.05) is 24.3 Å². The molecule has 2 saturated heterocycles. The van der Waals surface area contributed by atoms with Crippen molar-refractivity contribution in [3.63, 3.8) is 0 Å². The van der Waals surface area contributed by atoms with Gasteiger partial charge in [-0.25, -0.2) is 21.6 Å². The number of carbonyl (C=O) groups is 1. The fourth-order valence-electron chi connectivity index (χ4n) is 5.69. The molecule has 2 aromatic carbocycles. The normalized spacial score (nSPS) is 19.7. The highest BCUT2D eigenvalue weighted by Crippen LogP contribution is 2.39. The summed E-state index contributed by atoms with van der Waals surface area (Å²) in [4.78, 5) is 16.7. The molecule has 0 saturated carbocycles. The predicted molar refractivity (Wildman–Crippen MR) is 159 cm³/mol. The lowest BCUT2D eigenvalue weighted by atomic mass is 9.88. The van der Waals surface area contributed by atoms with Gasteiger partial charge in [-0.2, -0.15) is 13.1 Å². The van der Waals surface area contributed by atoms with E-state index in [-0.39, 0.29) is 36.8 Å². The number of sulfone groups is 1. The van der Waals surface area contributed by atoms with Crippen LogP contribution in [0.3, 0.4) is 0 Å². The van der Waals surface area contributed by atoms with Gasteiger partial charge in [0.15, 0.2) is 0 Å². The van der Waals surface area contributed by atoms with Crippen LogP contribution in [0.4, 0.5) is 13.6 Å². The lowest BCUT2D eigenvalue weighted by molar-refractivity contribution is -0.0319. The summed E-state index contributed by atoms with van der Waals surface area (Å²) >= 11 is 0. The minimum Gasteiger partial charge on any atom is -0.491 e. The number of aliphatic hydroxyl groups excluding tert-OH is 2. The van der Waals surface area contributed by atoms with Crippen molar-refractivity contribution in [3.05, 3.63) is 60.8 Å². The molecular weight excluding hydrogens is 652 g/mol. The number of para-hydroxylation sites is 1. The Labute approximate surface area is 263 Å². The number of pyridine rings is 1. The van der Waals surface area contributed by atoms with Gasteiger partial charge in [-0.05, 0) is 49.6 Å². The highest BCUT2D eigenvalue weighted by atomic mass is 32.2. The van der Waals surface area contributed by atoms with Crippen LogP contribution < -0.4 is 4.74 Å². The zero-order valence-corrected chi connectivity index (χ0v) is 26.0. The second-order valence-electron chi connectivity index (χ2n) is 11.3. The van der Waals surface area contributed by atoms with Crippen LogP contribution in [0.1, 0.15) is 19.3 Å². The fraction of sp³-hybridized carbons (Fsp3) is 0.448. The smallest absolute Gasteiger partial charge is 0.407 e. The first-order valence-electron chi connectivity index (χ1n) is 14.3. The average molecular weight is 686 g/mol. The van der Waals surface area contributed by atoms with Crippen molar-refractivity contribution in [2.75, 3.05) is 39.5 Å². The van der Waals surface area contributed by atoms with Gasteiger partial charge in [-0.15, -0.1) is 0 Å². The molecule has 2 aliphatic heterocycles. The summed E-state index contributed by atoms with van der Waals surface area (Å²) in [5, 5.41) is 25.5. The zero-order valence-electron chi connectivity index (χ0n) is 24.4. The minimum absolute atomic E-state index is 0.0280. The molecular formula is C29H33F2N3O10S2. The average Bonchev–Trinajstić information content (AvgIpc) is 3.44. The molecule has 1 aromatic heterocycles. The largest absolute Gasteiger partial charge is 0.491 e. The van der Waals surface area contributed by atoms with Gasteiger partial charge in [0, 0.05) is 24.7 Å². The van der Waals surface area contributed by atoms with Crippen LogP contribution in [-0.2, 0) is 24.6 Å². The summed E-state index contributed by atoms with van der Waals surface area (Å²) in [7, 11) is -9.03. The number of hydrogen-bond donors (Lipinski definition) is 3. The Balaban J connectivity index is 1.17. The Morgan fingerprint density at radius 1 is 1.11 bits per heavy atom. The number of rotatable bonds is 11. The third-order valence-electron chi connectivity index (χ3n) is 8.26. The van der Waals surface area contributed by atoms with Crippen LogP contribution in [0.2, 0.25) is 0 Å². The van der Waals surface area contributed by atoms with Gasteiger partial charge < -0.3 is 29.7 Å². The van der Waals surface area contributed by atoms with Gasteiger partial charge in [0.2, 0.25) is 19.9 Å². The molecule has 3 aromatic rings. The number of hydrogen-bond acceptors (Lipinski definition) is 10. The van der Waals surface area contributed by atoms with Crippen LogP contribution in [0.5, 0.6) is 5.75 Å². The van der Waals surface area contributed by atoms with Crippen molar-refractivity contribution in [3.8, 4) is 5.75 Å². The molecule has 5 rings (SSSR count). The van der Waals surface area contributed by atoms with Crippen LogP contribution in [-0.4, -0.2) is 115 Å². The minimum atomic E-state index is -5.20. The maximum absolute atomic E-state index is 13.7. The molecule has 2 unspecified atom stereocenters. The molecule has 17 heteroatoms. The number of fused-ring (bicyclic) bond motifs is 1. The zero-order chi connectivity index (χ0) is 33.3. The van der Waals surface area contributed by atoms with E-state index in [0.717, 1.165) is 23.1 Å². The Hall–Kier alpha value is -3.48. The molecule has 13 nitrogen and oxygen atoms in total. The maximum Gasteiger partial charge on any atom is 0.407 e. The van der Waals surface area contributed by atoms with E-state index in [2.05, 4.69) is 4.98 Å². The van der Waals surface area contributed by atoms with Crippen LogP contribution in [0.15, 0.2) is 70.6 Å². The first-order valence-corrected chi connectivity index (χ1v) is 17.2. The summed E-state index contributed by atoms with van der Waals surface area (Å²) in [5.41, 5.74) is -0.0777. The summed E-state index contributed by atoms with van der Waals surface area (Å²) in [6.07, 6.45) is -0.438. The van der Waals surface area contributed by atoms with Crippen molar-refractivity contribution >= 4 is 36.9 Å². The molecule has 0 bridgehead atoms. The van der Waals surface area contributed by atoms with Crippen molar-refractivity contribution in [1.29, 1.82) is 0 Å². The van der Waals surface area contributed by atoms with E-state index in [0.29, 0.717) is 23.7 Å². The van der Waals surface area contributed by atoms with Gasteiger partial charge in [-0.3, -0.25) is 4.98 Å². The molecule has 3 heterocycles. The highest BCUT2D eigenvalue weighted by Gasteiger charge is 2.48. The molecule has 2 atom stereocenters. The van der Waals surface area contributed by atoms with Crippen molar-refractivity contribution in [2.45, 2.75) is 52.1 Å². The van der Waals surface area contributed by atoms with Crippen LogP contribution in [0.25, 0.3) is 10.9 Å². The number of aromatic nitrogens is 1. The van der Waals surface area contributed by atoms with E-state index < -0.39 is 73.6 Å². The highest BCUT2D eigenvalue weighted by molar-refractivity contribution is 7.92. The molecule has 1 spiro atoms. The number of nitrogens with zero attached hydrogens (tertiary/aromatic N) is 3. The lowest BCUT2D eigenvalue weighted by Crippen LogP contribution is -2.48. The molecule has 2 fully saturated rings. The van der Waals surface area contributed by atoms with Gasteiger partial charge in [0.05, 0.1) is 35.2 Å². The second-order valence-corrected chi connectivity index (χ2v) is 15.3. The van der Waals surface area contributed by atoms with Crippen molar-refractivity contribution < 1.29 is 55.2 Å². The number of halogens is 2. The van der Waals surface area contributed by atoms with E-state index in [1.165, 1.54) is 16.6 Å². The Kier molecular flexibility index (Phi) is 9.54. The number of carboxylic acid groups (broad SMARTS) is 1. The second kappa shape index (κ2) is 13.0. The van der Waals surface area contributed by atoms with Gasteiger partial charge in [0.25, 0.3) is 0 Å². The van der Waals surface area contributed by atoms with E-state index in [4.69, 9.17) is 14.6 Å². The first kappa shape index (κ1) is 33.9. The summed E-state index contributed by atoms with van der Waals surface area (Å²) in [6, 6.07) is 12.3. The summed E-state index contributed by atoms with van der Waals surface area (Å²) < 4.78 is 91.2. The number of amides is 1. The number of sulfonamides is 1. The maximum atomic E-state index is 13.7. The van der Waals surface area contributed by atoms with Crippen molar-refractivity contribution in [2.24, 2.45) is 0 Å². The molecule has 46 heavy (non-hydrogen) atoms. The SMILES string of the molecule is O=C(O)N(CC(O)COc1cccc(S(=O)(=O)C(F)(F)CO)c1)C1COC2(CCN(S(=O)(=O)c3cnc4ccccc4c3)CC2)C1. The molecule has 250 valence electrons. The molecule has 0 radical (unpaired) electrons. The Morgan fingerprint density at radius 3 is 2.52 bits per heavy atom. The number of alkyl halides is 2. The van der Waals surface area contributed by atoms with E-state index in [1.807, 2.05) is 6.07 Å². The monoisotopic (exact) mass is 685 g/mol. The topological polar surface area (TPSA) is 184 Å². The third-order valence-corrected chi connectivity index (χ3v) is 11.9. The molecule has 2 aliphatic rings. The van der Waals surface area contributed by atoms with E-state index in [1.54, 1.807) is 24.3 Å². The van der Waals surface area contributed by atoms with Crippen LogP contribution in [0, 0.1) is 0 Å². The number of benzene rings is 2. The van der Waals surface area contributed by atoms with Gasteiger partial charge >= 0.3 is 11.3 Å². The molecule has 3 N–H and O–H groups in total. The van der Waals surface area contributed by atoms with Crippen LogP contribution >= 0.6 is 0 Å². The summed E-state index contributed by atoms with van der Waals surface area (Å²) in [5.74, 6) is -0.167. The van der Waals surface area contributed by atoms with Gasteiger partial charge in [0.1, 0.15) is 30.0 Å². The Morgan fingerprint density at radius 2 is 1.83 bits per heavy atom. The number of aliphatic hydroxyl groups is 2. The predicted octanol–water partition coefficient (Wildman–Crippen LogP) is 2.33. The molecule has 1 amide bonds. The fourth-order valence-corrected chi connectivity index (χ4v) is 8.16. The van der Waals surface area contributed by atoms with E-state index in [9.17, 15) is 40.6 Å².